The molecule has 19 heavy (non-hydrogen) atoms. The van der Waals surface area contributed by atoms with Crippen molar-refractivity contribution in [1.82, 2.24) is 5.32 Å². The molecule has 0 radical (unpaired) electrons. The number of halogens is 5. The lowest BCUT2D eigenvalue weighted by Crippen LogP contribution is -2.22. The standard InChI is InChI=1S/C10H6F5NO2S/c1-16-3(2-19)10(17)18-9-7(14)5(12)4(11)6(13)8(9)15/h2,16,19H,1H3/b3-2-. The van der Waals surface area contributed by atoms with Crippen molar-refractivity contribution in [2.24, 2.45) is 0 Å². The van der Waals surface area contributed by atoms with Gasteiger partial charge in [0.1, 0.15) is 5.70 Å². The number of ether oxygens (including phenoxy) is 1. The molecule has 0 aliphatic carbocycles. The van der Waals surface area contributed by atoms with Gasteiger partial charge in [-0.3, -0.25) is 0 Å². The second-order valence-electron chi connectivity index (χ2n) is 3.08. The first-order valence-electron chi connectivity index (χ1n) is 4.60. The van der Waals surface area contributed by atoms with Gasteiger partial charge in [-0.25, -0.2) is 18.0 Å². The Bertz CT molecular complexity index is 532. The van der Waals surface area contributed by atoms with Gasteiger partial charge in [-0.1, -0.05) is 0 Å². The molecule has 0 saturated heterocycles. The molecule has 0 saturated carbocycles. The molecule has 0 heterocycles. The number of hydrogen-bond acceptors (Lipinski definition) is 4. The number of rotatable bonds is 3. The van der Waals surface area contributed by atoms with Crippen molar-refractivity contribution in [1.29, 1.82) is 0 Å². The topological polar surface area (TPSA) is 38.3 Å². The summed E-state index contributed by atoms with van der Waals surface area (Å²) in [6.07, 6.45) is 0. The second kappa shape index (κ2) is 5.91. The number of nitrogens with one attached hydrogen (secondary N) is 1. The molecule has 1 N–H and O–H groups in total. The van der Waals surface area contributed by atoms with Crippen molar-refractivity contribution in [3.05, 3.63) is 40.2 Å². The normalized spacial score (nSPS) is 11.4. The number of carbonyl (C=O) groups is 1. The largest absolute Gasteiger partial charge is 0.415 e. The van der Waals surface area contributed by atoms with Crippen LogP contribution in [0.15, 0.2) is 11.1 Å². The molecule has 0 amide bonds. The number of benzene rings is 1. The van der Waals surface area contributed by atoms with Crippen LogP contribution in [0.25, 0.3) is 0 Å². The molecule has 0 spiro atoms. The summed E-state index contributed by atoms with van der Waals surface area (Å²) in [5.74, 6) is -14.3. The van der Waals surface area contributed by atoms with E-state index in [1.54, 1.807) is 0 Å². The Morgan fingerprint density at radius 1 is 1.05 bits per heavy atom. The first-order chi connectivity index (χ1) is 8.84. The Labute approximate surface area is 109 Å². The van der Waals surface area contributed by atoms with E-state index in [0.29, 0.717) is 0 Å². The Morgan fingerprint density at radius 2 is 1.47 bits per heavy atom. The quantitative estimate of drug-likeness (QED) is 0.171. The lowest BCUT2D eigenvalue weighted by molar-refractivity contribution is -0.131. The molecule has 0 bridgehead atoms. The van der Waals surface area contributed by atoms with Gasteiger partial charge in [0.15, 0.2) is 0 Å². The van der Waals surface area contributed by atoms with Crippen LogP contribution in [0.4, 0.5) is 22.0 Å². The Balaban J connectivity index is 3.27. The lowest BCUT2D eigenvalue weighted by atomic mass is 10.2. The van der Waals surface area contributed by atoms with Crippen molar-refractivity contribution < 1.29 is 31.5 Å². The minimum absolute atomic E-state index is 0.340. The minimum Gasteiger partial charge on any atom is -0.415 e. The van der Waals surface area contributed by atoms with E-state index < -0.39 is 40.8 Å². The fraction of sp³-hybridized carbons (Fsp3) is 0.100. The fourth-order valence-corrected chi connectivity index (χ4v) is 1.28. The molecular weight excluding hydrogens is 293 g/mol. The molecule has 9 heteroatoms. The number of esters is 1. The molecule has 1 rings (SSSR count). The lowest BCUT2D eigenvalue weighted by Gasteiger charge is -2.09. The summed E-state index contributed by atoms with van der Waals surface area (Å²) in [6, 6.07) is 0. The molecule has 0 atom stereocenters. The van der Waals surface area contributed by atoms with Crippen LogP contribution in [0.3, 0.4) is 0 Å². The monoisotopic (exact) mass is 299 g/mol. The predicted molar refractivity (Wildman–Crippen MR) is 58.0 cm³/mol. The average Bonchev–Trinajstić information content (AvgIpc) is 2.40. The van der Waals surface area contributed by atoms with E-state index in [4.69, 9.17) is 0 Å². The average molecular weight is 299 g/mol. The van der Waals surface area contributed by atoms with Crippen molar-refractivity contribution in [2.75, 3.05) is 7.05 Å². The van der Waals surface area contributed by atoms with Crippen molar-refractivity contribution in [2.45, 2.75) is 0 Å². The predicted octanol–water partition coefficient (Wildman–Crippen LogP) is 2.28. The first kappa shape index (κ1) is 15.3. The highest BCUT2D eigenvalue weighted by Gasteiger charge is 2.29. The van der Waals surface area contributed by atoms with E-state index in [-0.39, 0.29) is 5.70 Å². The van der Waals surface area contributed by atoms with Gasteiger partial charge < -0.3 is 10.1 Å². The number of thiol groups is 1. The van der Waals surface area contributed by atoms with Crippen LogP contribution in [0.5, 0.6) is 5.75 Å². The zero-order valence-corrected chi connectivity index (χ0v) is 10.1. The zero-order valence-electron chi connectivity index (χ0n) is 9.23. The van der Waals surface area contributed by atoms with Gasteiger partial charge in [0, 0.05) is 7.05 Å². The summed E-state index contributed by atoms with van der Waals surface area (Å²) in [6.45, 7) is 0. The molecule has 1 aromatic carbocycles. The van der Waals surface area contributed by atoms with E-state index >= 15 is 0 Å². The molecule has 0 aromatic heterocycles. The highest BCUT2D eigenvalue weighted by molar-refractivity contribution is 7.83. The Kier molecular flexibility index (Phi) is 4.76. The molecule has 1 aromatic rings. The summed E-state index contributed by atoms with van der Waals surface area (Å²) >= 11 is 3.59. The Morgan fingerprint density at radius 3 is 1.84 bits per heavy atom. The molecule has 104 valence electrons. The van der Waals surface area contributed by atoms with E-state index in [9.17, 15) is 26.7 Å². The maximum atomic E-state index is 13.2. The summed E-state index contributed by atoms with van der Waals surface area (Å²) in [5.41, 5.74) is -0.340. The highest BCUT2D eigenvalue weighted by Crippen LogP contribution is 2.29. The molecule has 0 unspecified atom stereocenters. The van der Waals surface area contributed by atoms with Crippen LogP contribution in [-0.4, -0.2) is 13.0 Å². The van der Waals surface area contributed by atoms with Crippen molar-refractivity contribution in [3.63, 3.8) is 0 Å². The third kappa shape index (κ3) is 2.80. The van der Waals surface area contributed by atoms with Gasteiger partial charge in [-0.05, 0) is 5.41 Å². The van der Waals surface area contributed by atoms with Gasteiger partial charge in [-0.2, -0.15) is 8.78 Å². The summed E-state index contributed by atoms with van der Waals surface area (Å²) in [4.78, 5) is 11.3. The zero-order chi connectivity index (χ0) is 14.7. The fourth-order valence-electron chi connectivity index (χ4n) is 1.04. The van der Waals surface area contributed by atoms with Crippen LogP contribution in [0.2, 0.25) is 0 Å². The van der Waals surface area contributed by atoms with Gasteiger partial charge in [0.05, 0.1) is 0 Å². The minimum atomic E-state index is -2.34. The second-order valence-corrected chi connectivity index (χ2v) is 3.34. The van der Waals surface area contributed by atoms with Crippen LogP contribution < -0.4 is 10.1 Å². The van der Waals surface area contributed by atoms with E-state index in [1.165, 1.54) is 7.05 Å². The third-order valence-corrected chi connectivity index (χ3v) is 2.24. The van der Waals surface area contributed by atoms with E-state index in [1.807, 2.05) is 0 Å². The smallest absolute Gasteiger partial charge is 0.360 e. The summed E-state index contributed by atoms with van der Waals surface area (Å²) in [7, 11) is 1.27. The summed E-state index contributed by atoms with van der Waals surface area (Å²) < 4.78 is 68.8. The SMILES string of the molecule is CN/C(=C\S)C(=O)Oc1c(F)c(F)c(F)c(F)c1F. The van der Waals surface area contributed by atoms with Crippen molar-refractivity contribution >= 4 is 18.6 Å². The molecule has 0 fully saturated rings. The molecule has 0 aliphatic rings. The van der Waals surface area contributed by atoms with Crippen LogP contribution >= 0.6 is 12.6 Å². The van der Waals surface area contributed by atoms with Crippen LogP contribution in [0.1, 0.15) is 0 Å². The van der Waals surface area contributed by atoms with Gasteiger partial charge in [-0.15, -0.1) is 12.6 Å². The van der Waals surface area contributed by atoms with Gasteiger partial charge in [0.25, 0.3) is 0 Å². The Hall–Kier alpha value is -1.77. The van der Waals surface area contributed by atoms with Gasteiger partial charge in [0.2, 0.25) is 34.8 Å². The maximum absolute atomic E-state index is 13.2. The third-order valence-electron chi connectivity index (χ3n) is 1.98. The first-order valence-corrected chi connectivity index (χ1v) is 5.12. The molecule has 3 nitrogen and oxygen atoms in total. The van der Waals surface area contributed by atoms with Crippen LogP contribution in [0, 0.1) is 29.1 Å². The summed E-state index contributed by atoms with van der Waals surface area (Å²) in [5, 5.41) is 3.15. The number of likely N-dealkylation sites (N-methyl/N-ethyl adjacent to an activating group) is 1. The maximum Gasteiger partial charge on any atom is 0.360 e. The van der Waals surface area contributed by atoms with Gasteiger partial charge >= 0.3 is 5.97 Å². The van der Waals surface area contributed by atoms with Crippen molar-refractivity contribution in [3.8, 4) is 5.75 Å². The molecule has 0 aliphatic heterocycles. The van der Waals surface area contributed by atoms with E-state index in [0.717, 1.165) is 5.41 Å². The van der Waals surface area contributed by atoms with E-state index in [2.05, 4.69) is 22.7 Å². The highest BCUT2D eigenvalue weighted by atomic mass is 32.1. The molecular formula is C10H6F5NO2S. The number of hydrogen-bond donors (Lipinski definition) is 2. The van der Waals surface area contributed by atoms with Crippen LogP contribution in [-0.2, 0) is 4.79 Å². The number of carbonyl (C=O) groups excluding carboxylic acids is 1.